The number of para-hydroxylation sites is 1. The second kappa shape index (κ2) is 11.9. The van der Waals surface area contributed by atoms with Gasteiger partial charge in [-0.15, -0.1) is 0 Å². The topological polar surface area (TPSA) is 156 Å². The van der Waals surface area contributed by atoms with Crippen molar-refractivity contribution in [2.45, 2.75) is 77.5 Å². The predicted molar refractivity (Wildman–Crippen MR) is 153 cm³/mol. The molecule has 222 valence electrons. The van der Waals surface area contributed by atoms with Gasteiger partial charge in [0.25, 0.3) is 0 Å². The quantitative estimate of drug-likeness (QED) is 0.232. The summed E-state index contributed by atoms with van der Waals surface area (Å²) in [6.07, 6.45) is 3.40. The summed E-state index contributed by atoms with van der Waals surface area (Å²) in [5.74, 6) is 0.702. The van der Waals surface area contributed by atoms with Gasteiger partial charge >= 0.3 is 13.7 Å². The van der Waals surface area contributed by atoms with Crippen LogP contribution in [0.4, 0.5) is 11.8 Å². The monoisotopic (exact) mass is 587 g/mol. The molecule has 0 amide bonds. The minimum atomic E-state index is -4.01. The van der Waals surface area contributed by atoms with Gasteiger partial charge in [-0.05, 0) is 52.2 Å². The third kappa shape index (κ3) is 6.81. The zero-order chi connectivity index (χ0) is 29.3. The molecular formula is C27H38N7O6P. The molecule has 1 aliphatic heterocycles. The number of fused-ring (bicyclic) bond motifs is 1. The van der Waals surface area contributed by atoms with Crippen molar-refractivity contribution in [3.63, 3.8) is 0 Å². The molecular weight excluding hydrogens is 549 g/mol. The Bertz CT molecular complexity index is 1420. The molecule has 1 saturated carbocycles. The number of imidazole rings is 1. The fourth-order valence-corrected chi connectivity index (χ4v) is 6.39. The molecule has 0 bridgehead atoms. The van der Waals surface area contributed by atoms with Crippen LogP contribution in [0, 0.1) is 5.92 Å². The Kier molecular flexibility index (Phi) is 8.51. The van der Waals surface area contributed by atoms with Crippen molar-refractivity contribution in [3.05, 3.63) is 36.7 Å². The van der Waals surface area contributed by atoms with Gasteiger partial charge in [-0.25, -0.2) is 9.55 Å². The maximum Gasteiger partial charge on any atom is 0.459 e. The molecule has 14 heteroatoms. The number of nitrogen functional groups attached to an aromatic ring is 1. The molecule has 0 radical (unpaired) electrons. The van der Waals surface area contributed by atoms with Gasteiger partial charge in [0.15, 0.2) is 17.0 Å². The number of carbonyl (C=O) groups is 1. The molecule has 1 aliphatic carbocycles. The molecule has 1 saturated heterocycles. The van der Waals surface area contributed by atoms with Crippen molar-refractivity contribution in [2.24, 2.45) is 5.92 Å². The number of hydrogen-bond acceptors (Lipinski definition) is 11. The lowest BCUT2D eigenvalue weighted by Crippen LogP contribution is -2.36. The summed E-state index contributed by atoms with van der Waals surface area (Å²) in [7, 11) is -2.01. The third-order valence-electron chi connectivity index (χ3n) is 7.03. The van der Waals surface area contributed by atoms with E-state index in [1.807, 2.05) is 17.7 Å². The zero-order valence-electron chi connectivity index (χ0n) is 24.0. The molecule has 2 fully saturated rings. The SMILES string of the molecule is CC(C)OC(=O)[C@@H](C)NP(=O)(OC[C@@H]1C[C@H](C)[C@H](n2cnc3c(N(C)C4CC4)nc(N)nc32)O1)Oc1ccccc1. The second-order valence-electron chi connectivity index (χ2n) is 11.0. The predicted octanol–water partition coefficient (Wildman–Crippen LogP) is 4.06. The number of hydrogen-bond donors (Lipinski definition) is 2. The van der Waals surface area contributed by atoms with Crippen LogP contribution in [0.1, 0.15) is 53.2 Å². The Labute approximate surface area is 239 Å². The molecule has 41 heavy (non-hydrogen) atoms. The van der Waals surface area contributed by atoms with Gasteiger partial charge in [0.1, 0.15) is 18.0 Å². The maximum atomic E-state index is 13.8. The van der Waals surface area contributed by atoms with Gasteiger partial charge in [0.2, 0.25) is 5.95 Å². The number of anilines is 2. The maximum absolute atomic E-state index is 13.8. The average molecular weight is 588 g/mol. The van der Waals surface area contributed by atoms with E-state index < -0.39 is 32.1 Å². The molecule has 1 unspecified atom stereocenters. The van der Waals surface area contributed by atoms with E-state index in [2.05, 4.69) is 31.9 Å². The van der Waals surface area contributed by atoms with E-state index in [-0.39, 0.29) is 24.6 Å². The van der Waals surface area contributed by atoms with Crippen molar-refractivity contribution in [2.75, 3.05) is 24.3 Å². The first-order valence-electron chi connectivity index (χ1n) is 13.9. The highest BCUT2D eigenvalue weighted by Crippen LogP contribution is 2.46. The molecule has 2 aliphatic rings. The summed E-state index contributed by atoms with van der Waals surface area (Å²) in [5.41, 5.74) is 7.34. The lowest BCUT2D eigenvalue weighted by molar-refractivity contribution is -0.149. The average Bonchev–Trinajstić information content (AvgIpc) is 3.59. The first-order chi connectivity index (χ1) is 19.5. The number of rotatable bonds is 12. The first-order valence-corrected chi connectivity index (χ1v) is 15.4. The highest BCUT2D eigenvalue weighted by atomic mass is 31.2. The van der Waals surface area contributed by atoms with Crippen molar-refractivity contribution < 1.29 is 27.9 Å². The molecule has 3 N–H and O–H groups in total. The van der Waals surface area contributed by atoms with Crippen molar-refractivity contribution >= 4 is 36.6 Å². The van der Waals surface area contributed by atoms with Crippen LogP contribution in [0.3, 0.4) is 0 Å². The summed E-state index contributed by atoms with van der Waals surface area (Å²) in [5, 5.41) is 2.71. The largest absolute Gasteiger partial charge is 0.462 e. The fourth-order valence-electron chi connectivity index (χ4n) is 4.87. The summed E-state index contributed by atoms with van der Waals surface area (Å²) >= 11 is 0. The van der Waals surface area contributed by atoms with Crippen LogP contribution < -0.4 is 20.2 Å². The minimum absolute atomic E-state index is 0.0384. The molecule has 0 spiro atoms. The van der Waals surface area contributed by atoms with E-state index in [9.17, 15) is 9.36 Å². The smallest absolute Gasteiger partial charge is 0.459 e. The van der Waals surface area contributed by atoms with Gasteiger partial charge in [-0.3, -0.25) is 13.9 Å². The molecule has 2 aromatic heterocycles. The van der Waals surface area contributed by atoms with Crippen molar-refractivity contribution in [1.82, 2.24) is 24.6 Å². The van der Waals surface area contributed by atoms with Crippen molar-refractivity contribution in [1.29, 1.82) is 0 Å². The number of nitrogens with two attached hydrogens (primary N) is 1. The van der Waals surface area contributed by atoms with Gasteiger partial charge in [0, 0.05) is 19.0 Å². The molecule has 3 aromatic rings. The van der Waals surface area contributed by atoms with Crippen LogP contribution in [0.5, 0.6) is 5.75 Å². The number of carbonyl (C=O) groups excluding carboxylic acids is 1. The second-order valence-corrected chi connectivity index (χ2v) is 12.7. The van der Waals surface area contributed by atoms with Crippen LogP contribution >= 0.6 is 7.75 Å². The summed E-state index contributed by atoms with van der Waals surface area (Å²) < 4.78 is 38.9. The van der Waals surface area contributed by atoms with Crippen LogP contribution in [0.25, 0.3) is 11.2 Å². The lowest BCUT2D eigenvalue weighted by atomic mass is 10.1. The Morgan fingerprint density at radius 3 is 2.66 bits per heavy atom. The number of ether oxygens (including phenoxy) is 2. The first kappa shape index (κ1) is 29.2. The molecule has 13 nitrogen and oxygen atoms in total. The minimum Gasteiger partial charge on any atom is -0.462 e. The van der Waals surface area contributed by atoms with Crippen LogP contribution in [-0.2, 0) is 23.4 Å². The van der Waals surface area contributed by atoms with Gasteiger partial charge in [-0.2, -0.15) is 15.1 Å². The van der Waals surface area contributed by atoms with Crippen LogP contribution in [0.2, 0.25) is 0 Å². The van der Waals surface area contributed by atoms with Crippen LogP contribution in [-0.4, -0.2) is 63.4 Å². The van der Waals surface area contributed by atoms with E-state index in [1.54, 1.807) is 51.4 Å². The summed E-state index contributed by atoms with van der Waals surface area (Å²) in [6.45, 7) is 7.05. The Morgan fingerprint density at radius 2 is 1.98 bits per heavy atom. The van der Waals surface area contributed by atoms with Gasteiger partial charge < -0.3 is 24.6 Å². The highest BCUT2D eigenvalue weighted by molar-refractivity contribution is 7.52. The number of aromatic nitrogens is 4. The van der Waals surface area contributed by atoms with E-state index in [0.717, 1.165) is 12.8 Å². The van der Waals surface area contributed by atoms with E-state index in [4.69, 9.17) is 24.3 Å². The Morgan fingerprint density at radius 1 is 1.24 bits per heavy atom. The normalized spacial score (nSPS) is 22.9. The number of nitrogens with one attached hydrogen (secondary N) is 1. The van der Waals surface area contributed by atoms with Crippen LogP contribution in [0.15, 0.2) is 36.7 Å². The zero-order valence-corrected chi connectivity index (χ0v) is 24.9. The van der Waals surface area contributed by atoms with E-state index in [1.165, 1.54) is 0 Å². The number of nitrogens with zero attached hydrogens (tertiary/aromatic N) is 5. The van der Waals surface area contributed by atoms with E-state index in [0.29, 0.717) is 35.2 Å². The van der Waals surface area contributed by atoms with Crippen molar-refractivity contribution in [3.8, 4) is 5.75 Å². The fraction of sp³-hybridized carbons (Fsp3) is 0.556. The Hall–Kier alpha value is -3.25. The number of benzene rings is 1. The van der Waals surface area contributed by atoms with E-state index >= 15 is 0 Å². The molecule has 5 rings (SSSR count). The molecule has 3 heterocycles. The standard InChI is InChI=1S/C27H38N7O6P/c1-16(2)38-26(35)18(4)32-41(36,40-20-9-7-6-8-10-20)37-14-21-13-17(3)25(39-21)34-15-29-22-23(33(5)19-11-12-19)30-27(28)31-24(22)34/h6-10,15-19,21,25H,11-14H2,1-5H3,(H,32,36)(H2,28,30,31)/t17-,18+,21-,25+,41?/m0/s1. The third-order valence-corrected chi connectivity index (χ3v) is 8.68. The summed E-state index contributed by atoms with van der Waals surface area (Å²) in [6, 6.07) is 8.13. The number of esters is 1. The molecule has 1 aromatic carbocycles. The lowest BCUT2D eigenvalue weighted by Gasteiger charge is -2.24. The molecule has 5 atom stereocenters. The summed E-state index contributed by atoms with van der Waals surface area (Å²) in [4.78, 5) is 28.1. The van der Waals surface area contributed by atoms with Gasteiger partial charge in [0.05, 0.1) is 25.1 Å². The highest BCUT2D eigenvalue weighted by Gasteiger charge is 2.39. The van der Waals surface area contributed by atoms with Gasteiger partial charge in [-0.1, -0.05) is 25.1 Å². The Balaban J connectivity index is 1.30.